The molecule has 9 heteroatoms. The summed E-state index contributed by atoms with van der Waals surface area (Å²) in [5.74, 6) is -0.205. The van der Waals surface area contributed by atoms with E-state index in [9.17, 15) is 14.7 Å². The summed E-state index contributed by atoms with van der Waals surface area (Å²) in [5.41, 5.74) is 2.56. The lowest BCUT2D eigenvalue weighted by atomic mass is 10.1. The number of anilines is 1. The number of fused-ring (bicyclic) bond motifs is 3. The number of carboxylic acids is 1. The Kier molecular flexibility index (Phi) is 4.93. The number of aliphatic carboxylic acids is 1. The number of amides is 1. The maximum atomic E-state index is 12.5. The van der Waals surface area contributed by atoms with Crippen LogP contribution in [0.25, 0.3) is 22.1 Å². The molecule has 162 valence electrons. The number of carbonyl (C=O) groups is 2. The molecule has 2 unspecified atom stereocenters. The van der Waals surface area contributed by atoms with Crippen LogP contribution in [-0.2, 0) is 16.0 Å². The van der Waals surface area contributed by atoms with Crippen molar-refractivity contribution in [2.45, 2.75) is 31.8 Å². The van der Waals surface area contributed by atoms with Gasteiger partial charge in [-0.05, 0) is 30.7 Å². The first kappa shape index (κ1) is 19.9. The largest absolute Gasteiger partial charge is 0.480 e. The average molecular weight is 431 g/mol. The number of furan rings is 1. The molecular weight excluding hydrogens is 410 g/mol. The fraction of sp³-hybridized carbons (Fsp3) is 0.261. The van der Waals surface area contributed by atoms with Gasteiger partial charge >= 0.3 is 5.97 Å². The van der Waals surface area contributed by atoms with E-state index in [4.69, 9.17) is 4.42 Å². The smallest absolute Gasteiger partial charge is 0.326 e. The van der Waals surface area contributed by atoms with Gasteiger partial charge < -0.3 is 19.7 Å². The minimum atomic E-state index is -0.977. The molecule has 1 aromatic carbocycles. The van der Waals surface area contributed by atoms with Gasteiger partial charge in [-0.25, -0.2) is 14.8 Å². The number of aryl methyl sites for hydroxylation is 1. The number of nitrogens with zero attached hydrogens (tertiary/aromatic N) is 4. The van der Waals surface area contributed by atoms with Gasteiger partial charge in [-0.2, -0.15) is 0 Å². The summed E-state index contributed by atoms with van der Waals surface area (Å²) in [6.45, 7) is 2.07. The molecule has 2 atom stereocenters. The molecule has 4 heterocycles. The molecule has 1 saturated heterocycles. The highest BCUT2D eigenvalue weighted by Gasteiger charge is 2.40. The molecular formula is C23H21N5O4. The van der Waals surface area contributed by atoms with Gasteiger partial charge in [-0.1, -0.05) is 18.2 Å². The molecule has 3 aromatic heterocycles. The first-order valence-corrected chi connectivity index (χ1v) is 10.3. The highest BCUT2D eigenvalue weighted by atomic mass is 16.4. The molecule has 4 aromatic rings. The summed E-state index contributed by atoms with van der Waals surface area (Å²) in [7, 11) is 0. The van der Waals surface area contributed by atoms with E-state index in [1.165, 1.54) is 0 Å². The molecule has 1 aliphatic rings. The van der Waals surface area contributed by atoms with Crippen LogP contribution in [0.15, 0.2) is 53.2 Å². The van der Waals surface area contributed by atoms with Gasteiger partial charge in [0.25, 0.3) is 0 Å². The summed E-state index contributed by atoms with van der Waals surface area (Å²) >= 11 is 0. The van der Waals surface area contributed by atoms with E-state index in [-0.39, 0.29) is 24.8 Å². The van der Waals surface area contributed by atoms with E-state index in [2.05, 4.69) is 20.3 Å². The summed E-state index contributed by atoms with van der Waals surface area (Å²) in [6.07, 6.45) is 3.74. The number of rotatable bonds is 5. The second kappa shape index (κ2) is 7.92. The van der Waals surface area contributed by atoms with Gasteiger partial charge in [-0.15, -0.1) is 0 Å². The lowest BCUT2D eigenvalue weighted by Gasteiger charge is -2.22. The van der Waals surface area contributed by atoms with Gasteiger partial charge in [0.05, 0.1) is 6.42 Å². The van der Waals surface area contributed by atoms with Crippen molar-refractivity contribution in [1.29, 1.82) is 0 Å². The molecule has 1 fully saturated rings. The predicted molar refractivity (Wildman–Crippen MR) is 117 cm³/mol. The number of para-hydroxylation sites is 1. The fourth-order valence-corrected chi connectivity index (χ4v) is 4.26. The molecule has 2 N–H and O–H groups in total. The molecule has 1 amide bonds. The van der Waals surface area contributed by atoms with Gasteiger partial charge in [0, 0.05) is 36.8 Å². The molecule has 0 aliphatic carbocycles. The Hall–Kier alpha value is -4.01. The van der Waals surface area contributed by atoms with Crippen LogP contribution < -0.4 is 10.2 Å². The Morgan fingerprint density at radius 2 is 2.06 bits per heavy atom. The summed E-state index contributed by atoms with van der Waals surface area (Å²) in [5, 5.41) is 13.7. The number of hydrogen-bond donors (Lipinski definition) is 2. The molecule has 0 spiro atoms. The second-order valence-electron chi connectivity index (χ2n) is 7.91. The highest BCUT2D eigenvalue weighted by molar-refractivity contribution is 6.06. The third-order valence-electron chi connectivity index (χ3n) is 5.62. The summed E-state index contributed by atoms with van der Waals surface area (Å²) in [6, 6.07) is 9.95. The van der Waals surface area contributed by atoms with Crippen LogP contribution in [0.4, 0.5) is 5.82 Å². The Bertz CT molecular complexity index is 1320. The van der Waals surface area contributed by atoms with Crippen LogP contribution in [0.2, 0.25) is 0 Å². The third-order valence-corrected chi connectivity index (χ3v) is 5.62. The number of nitrogens with one attached hydrogen (secondary N) is 1. The Morgan fingerprint density at radius 3 is 2.84 bits per heavy atom. The fourth-order valence-electron chi connectivity index (χ4n) is 4.26. The zero-order chi connectivity index (χ0) is 22.2. The standard InChI is InChI=1S/C23H21N5O4/c1-13-25-20-16-6-2-3-7-18(16)32-21(20)22(26-13)28-12-15(10-17(28)23(30)31)27-19(29)9-14-5-4-8-24-11-14/h2-8,11,15,17H,9-10,12H2,1H3,(H,27,29)(H,30,31). The number of benzene rings is 1. The Morgan fingerprint density at radius 1 is 1.22 bits per heavy atom. The zero-order valence-electron chi connectivity index (χ0n) is 17.4. The molecule has 32 heavy (non-hydrogen) atoms. The van der Waals surface area contributed by atoms with Crippen molar-refractivity contribution in [2.75, 3.05) is 11.4 Å². The van der Waals surface area contributed by atoms with Crippen LogP contribution in [0.3, 0.4) is 0 Å². The maximum Gasteiger partial charge on any atom is 0.326 e. The van der Waals surface area contributed by atoms with Crippen molar-refractivity contribution in [3.05, 3.63) is 60.2 Å². The minimum absolute atomic E-state index is 0.179. The minimum Gasteiger partial charge on any atom is -0.480 e. The molecule has 0 radical (unpaired) electrons. The lowest BCUT2D eigenvalue weighted by molar-refractivity contribution is -0.138. The highest BCUT2D eigenvalue weighted by Crippen LogP contribution is 2.35. The zero-order valence-corrected chi connectivity index (χ0v) is 17.4. The van der Waals surface area contributed by atoms with Crippen molar-refractivity contribution in [3.8, 4) is 0 Å². The first-order valence-electron chi connectivity index (χ1n) is 10.3. The van der Waals surface area contributed by atoms with E-state index < -0.39 is 12.0 Å². The molecule has 0 bridgehead atoms. The van der Waals surface area contributed by atoms with Crippen LogP contribution in [0.1, 0.15) is 17.8 Å². The normalized spacial score (nSPS) is 18.3. The number of carbonyl (C=O) groups excluding carboxylic acids is 1. The van der Waals surface area contributed by atoms with Crippen molar-refractivity contribution in [2.24, 2.45) is 0 Å². The Labute approximate surface area is 183 Å². The lowest BCUT2D eigenvalue weighted by Crippen LogP contribution is -2.39. The van der Waals surface area contributed by atoms with E-state index in [0.717, 1.165) is 10.9 Å². The van der Waals surface area contributed by atoms with Gasteiger partial charge in [-0.3, -0.25) is 9.78 Å². The van der Waals surface area contributed by atoms with E-state index >= 15 is 0 Å². The van der Waals surface area contributed by atoms with Gasteiger partial charge in [0.2, 0.25) is 5.91 Å². The van der Waals surface area contributed by atoms with Gasteiger partial charge in [0.1, 0.15) is 23.0 Å². The number of carboxylic acid groups (broad SMARTS) is 1. The SMILES string of the molecule is Cc1nc(N2CC(NC(=O)Cc3cccnc3)CC2C(=O)O)c2oc3ccccc3c2n1. The Balaban J connectivity index is 1.45. The van der Waals surface area contributed by atoms with E-state index in [1.54, 1.807) is 30.3 Å². The molecule has 9 nitrogen and oxygen atoms in total. The van der Waals surface area contributed by atoms with Crippen LogP contribution >= 0.6 is 0 Å². The topological polar surface area (TPSA) is 121 Å². The number of aromatic nitrogens is 3. The van der Waals surface area contributed by atoms with Crippen molar-refractivity contribution in [3.63, 3.8) is 0 Å². The van der Waals surface area contributed by atoms with Crippen molar-refractivity contribution < 1.29 is 19.1 Å². The first-order chi connectivity index (χ1) is 15.5. The van der Waals surface area contributed by atoms with Crippen LogP contribution in [0, 0.1) is 6.92 Å². The quantitative estimate of drug-likeness (QED) is 0.494. The van der Waals surface area contributed by atoms with Crippen LogP contribution in [-0.4, -0.2) is 50.6 Å². The average Bonchev–Trinajstić information content (AvgIpc) is 3.35. The second-order valence-corrected chi connectivity index (χ2v) is 7.91. The van der Waals surface area contributed by atoms with Gasteiger partial charge in [0.15, 0.2) is 11.4 Å². The van der Waals surface area contributed by atoms with Crippen molar-refractivity contribution in [1.82, 2.24) is 20.3 Å². The summed E-state index contributed by atoms with van der Waals surface area (Å²) in [4.78, 5) is 39.4. The van der Waals surface area contributed by atoms with E-state index in [1.807, 2.05) is 30.3 Å². The molecule has 5 rings (SSSR count). The summed E-state index contributed by atoms with van der Waals surface area (Å²) < 4.78 is 6.02. The predicted octanol–water partition coefficient (Wildman–Crippen LogP) is 2.47. The number of pyridine rings is 1. The number of hydrogen-bond acceptors (Lipinski definition) is 7. The van der Waals surface area contributed by atoms with Crippen LogP contribution in [0.5, 0.6) is 0 Å². The van der Waals surface area contributed by atoms with Crippen molar-refractivity contribution >= 4 is 39.8 Å². The third kappa shape index (κ3) is 3.62. The monoisotopic (exact) mass is 431 g/mol. The molecule has 1 aliphatic heterocycles. The van der Waals surface area contributed by atoms with E-state index in [0.29, 0.717) is 34.9 Å². The molecule has 0 saturated carbocycles. The maximum absolute atomic E-state index is 12.5.